The van der Waals surface area contributed by atoms with Gasteiger partial charge in [-0.05, 0) is 54.6 Å². The van der Waals surface area contributed by atoms with Gasteiger partial charge in [0.25, 0.3) is 0 Å². The van der Waals surface area contributed by atoms with Gasteiger partial charge in [-0.25, -0.2) is 13.4 Å². The van der Waals surface area contributed by atoms with Crippen molar-refractivity contribution in [1.29, 1.82) is 0 Å². The Morgan fingerprint density at radius 3 is 2.65 bits per heavy atom. The fourth-order valence-electron chi connectivity index (χ4n) is 2.93. The number of thiazole rings is 1. The van der Waals surface area contributed by atoms with E-state index in [4.69, 9.17) is 20.8 Å². The molecule has 10 heteroatoms. The Hall–Kier alpha value is -2.88. The van der Waals surface area contributed by atoms with E-state index < -0.39 is 21.5 Å². The fraction of sp³-hybridized carbons (Fsp3) is 0.143. The van der Waals surface area contributed by atoms with Gasteiger partial charge in [-0.1, -0.05) is 22.9 Å². The van der Waals surface area contributed by atoms with Crippen molar-refractivity contribution in [3.8, 4) is 5.75 Å². The summed E-state index contributed by atoms with van der Waals surface area (Å²) in [5, 5.41) is 0.914. The number of anilines is 1. The predicted octanol–water partition coefficient (Wildman–Crippen LogP) is 4.56. The molecule has 1 amide bonds. The lowest BCUT2D eigenvalue weighted by Crippen LogP contribution is -2.35. The maximum Gasteiger partial charge on any atom is 0.244 e. The minimum atomic E-state index is -3.87. The predicted molar refractivity (Wildman–Crippen MR) is 120 cm³/mol. The molecule has 7 nitrogen and oxygen atoms in total. The number of fused-ring (bicyclic) bond motifs is 1. The second-order valence-corrected chi connectivity index (χ2v) is 10.0. The number of halogens is 1. The number of benzene rings is 2. The summed E-state index contributed by atoms with van der Waals surface area (Å²) in [6.07, 6.45) is 1.49. The first-order chi connectivity index (χ1) is 14.9. The molecule has 2 aromatic carbocycles. The van der Waals surface area contributed by atoms with Crippen molar-refractivity contribution >= 4 is 54.0 Å². The van der Waals surface area contributed by atoms with E-state index in [-0.39, 0.29) is 11.4 Å². The summed E-state index contributed by atoms with van der Waals surface area (Å²) in [6, 6.07) is 14.5. The van der Waals surface area contributed by atoms with Crippen LogP contribution in [0.4, 0.5) is 5.13 Å². The van der Waals surface area contributed by atoms with Gasteiger partial charge in [0.2, 0.25) is 5.91 Å². The fourth-order valence-corrected chi connectivity index (χ4v) is 5.39. The molecule has 0 atom stereocenters. The van der Waals surface area contributed by atoms with Crippen LogP contribution in [0.15, 0.2) is 70.2 Å². The number of aromatic nitrogens is 1. The summed E-state index contributed by atoms with van der Waals surface area (Å²) in [4.78, 5) is 19.0. The van der Waals surface area contributed by atoms with Gasteiger partial charge in [-0.2, -0.15) is 0 Å². The Balaban J connectivity index is 1.65. The molecule has 0 aliphatic heterocycles. The number of rotatable bonds is 7. The average Bonchev–Trinajstić information content (AvgIpc) is 3.40. The topological polar surface area (TPSA) is 89.7 Å². The number of nitrogens with zero attached hydrogens (tertiary/aromatic N) is 2. The van der Waals surface area contributed by atoms with Gasteiger partial charge < -0.3 is 9.15 Å². The molecule has 4 aromatic rings. The quantitative estimate of drug-likeness (QED) is 0.388. The van der Waals surface area contributed by atoms with Crippen LogP contribution in [0.25, 0.3) is 10.2 Å². The summed E-state index contributed by atoms with van der Waals surface area (Å²) in [6.45, 7) is 0.0531. The zero-order valence-electron chi connectivity index (χ0n) is 16.3. The van der Waals surface area contributed by atoms with Crippen molar-refractivity contribution in [3.63, 3.8) is 0 Å². The molecule has 0 unspecified atom stereocenters. The van der Waals surface area contributed by atoms with Crippen LogP contribution in [0.5, 0.6) is 5.75 Å². The molecule has 4 rings (SSSR count). The Morgan fingerprint density at radius 1 is 1.19 bits per heavy atom. The molecule has 0 aliphatic rings. The van der Waals surface area contributed by atoms with E-state index in [1.54, 1.807) is 30.3 Å². The lowest BCUT2D eigenvalue weighted by molar-refractivity contribution is -0.116. The smallest absolute Gasteiger partial charge is 0.244 e. The van der Waals surface area contributed by atoms with Crippen molar-refractivity contribution in [2.75, 3.05) is 17.8 Å². The van der Waals surface area contributed by atoms with E-state index in [1.807, 2.05) is 0 Å². The molecular formula is C21H17ClN2O5S2. The maximum absolute atomic E-state index is 13.1. The summed E-state index contributed by atoms with van der Waals surface area (Å²) in [5.41, 5.74) is 0.666. The van der Waals surface area contributed by atoms with Crippen molar-refractivity contribution in [3.05, 3.63) is 71.6 Å². The zero-order valence-corrected chi connectivity index (χ0v) is 18.7. The third kappa shape index (κ3) is 4.73. The zero-order chi connectivity index (χ0) is 22.0. The SMILES string of the molecule is COc1ccc(S(=O)(=O)CC(=O)N(Cc2ccco2)c2nc3ccc(Cl)cc3s2)cc1. The number of furan rings is 1. The number of hydrogen-bond acceptors (Lipinski definition) is 7. The number of sulfone groups is 1. The largest absolute Gasteiger partial charge is 0.497 e. The molecule has 2 aromatic heterocycles. The molecule has 0 saturated carbocycles. The Bertz CT molecular complexity index is 1320. The molecule has 0 radical (unpaired) electrons. The minimum absolute atomic E-state index is 0.0377. The highest BCUT2D eigenvalue weighted by atomic mass is 35.5. The number of hydrogen-bond donors (Lipinski definition) is 0. The van der Waals surface area contributed by atoms with Crippen LogP contribution in [0.1, 0.15) is 5.76 Å². The van der Waals surface area contributed by atoms with Gasteiger partial charge >= 0.3 is 0 Å². The molecule has 0 fully saturated rings. The highest BCUT2D eigenvalue weighted by molar-refractivity contribution is 7.92. The Morgan fingerprint density at radius 2 is 1.97 bits per heavy atom. The van der Waals surface area contributed by atoms with Gasteiger partial charge in [0.15, 0.2) is 15.0 Å². The number of carbonyl (C=O) groups is 1. The third-order valence-electron chi connectivity index (χ3n) is 4.50. The van der Waals surface area contributed by atoms with Crippen LogP contribution < -0.4 is 9.64 Å². The van der Waals surface area contributed by atoms with Gasteiger partial charge in [-0.3, -0.25) is 9.69 Å². The third-order valence-corrected chi connectivity index (χ3v) is 7.39. The van der Waals surface area contributed by atoms with Gasteiger partial charge in [-0.15, -0.1) is 0 Å². The number of carbonyl (C=O) groups excluding carboxylic acids is 1. The first-order valence-corrected chi connectivity index (χ1v) is 12.0. The molecular weight excluding hydrogens is 460 g/mol. The number of ether oxygens (including phenoxy) is 1. The molecule has 0 spiro atoms. The van der Waals surface area contributed by atoms with E-state index in [2.05, 4.69) is 4.98 Å². The normalized spacial score (nSPS) is 11.5. The maximum atomic E-state index is 13.1. The van der Waals surface area contributed by atoms with Crippen LogP contribution in [-0.4, -0.2) is 32.2 Å². The summed E-state index contributed by atoms with van der Waals surface area (Å²) < 4.78 is 36.9. The summed E-state index contributed by atoms with van der Waals surface area (Å²) in [5.74, 6) is -0.292. The second kappa shape index (κ2) is 8.70. The lowest BCUT2D eigenvalue weighted by atomic mass is 10.3. The van der Waals surface area contributed by atoms with Crippen LogP contribution in [0.3, 0.4) is 0 Å². The number of amides is 1. The van der Waals surface area contributed by atoms with Crippen LogP contribution in [-0.2, 0) is 21.2 Å². The van der Waals surface area contributed by atoms with Crippen molar-refractivity contribution in [2.45, 2.75) is 11.4 Å². The van der Waals surface area contributed by atoms with Crippen molar-refractivity contribution < 1.29 is 22.4 Å². The van der Waals surface area contributed by atoms with Crippen LogP contribution in [0, 0.1) is 0 Å². The van der Waals surface area contributed by atoms with Crippen LogP contribution >= 0.6 is 22.9 Å². The monoisotopic (exact) mass is 476 g/mol. The van der Waals surface area contributed by atoms with E-state index in [0.29, 0.717) is 27.2 Å². The highest BCUT2D eigenvalue weighted by Crippen LogP contribution is 2.32. The molecule has 31 heavy (non-hydrogen) atoms. The Kier molecular flexibility index (Phi) is 5.99. The van der Waals surface area contributed by atoms with Gasteiger partial charge in [0, 0.05) is 5.02 Å². The van der Waals surface area contributed by atoms with E-state index in [1.165, 1.54) is 53.9 Å². The van der Waals surface area contributed by atoms with E-state index in [0.717, 1.165) is 4.70 Å². The second-order valence-electron chi connectivity index (χ2n) is 6.60. The molecule has 0 N–H and O–H groups in total. The molecule has 160 valence electrons. The van der Waals surface area contributed by atoms with Gasteiger partial charge in [0.05, 0.1) is 35.0 Å². The first-order valence-electron chi connectivity index (χ1n) is 9.11. The highest BCUT2D eigenvalue weighted by Gasteiger charge is 2.27. The van der Waals surface area contributed by atoms with Crippen molar-refractivity contribution in [1.82, 2.24) is 4.98 Å². The minimum Gasteiger partial charge on any atom is -0.497 e. The van der Waals surface area contributed by atoms with Gasteiger partial charge in [0.1, 0.15) is 17.3 Å². The van der Waals surface area contributed by atoms with E-state index >= 15 is 0 Å². The molecule has 2 heterocycles. The molecule has 0 aliphatic carbocycles. The standard InChI is InChI=1S/C21H17ClN2O5S2/c1-28-15-5-7-17(8-6-15)31(26,27)13-20(25)24(12-16-3-2-10-29-16)21-23-18-9-4-14(22)11-19(18)30-21/h2-11H,12-13H2,1H3. The lowest BCUT2D eigenvalue weighted by Gasteiger charge is -2.18. The molecule has 0 saturated heterocycles. The summed E-state index contributed by atoms with van der Waals surface area (Å²) >= 11 is 7.31. The Labute approximate surface area is 187 Å². The van der Waals surface area contributed by atoms with Crippen LogP contribution in [0.2, 0.25) is 5.02 Å². The number of methoxy groups -OCH3 is 1. The molecule has 0 bridgehead atoms. The van der Waals surface area contributed by atoms with E-state index in [9.17, 15) is 13.2 Å². The van der Waals surface area contributed by atoms with Crippen molar-refractivity contribution in [2.24, 2.45) is 0 Å². The first kappa shape index (κ1) is 21.4. The average molecular weight is 477 g/mol. The summed E-state index contributed by atoms with van der Waals surface area (Å²) in [7, 11) is -2.38.